The number of rotatable bonds is 4. The van der Waals surface area contributed by atoms with E-state index in [0.717, 1.165) is 22.6 Å². The lowest BCUT2D eigenvalue weighted by atomic mass is 10.1. The minimum absolute atomic E-state index is 0.294. The molecule has 0 aliphatic carbocycles. The van der Waals surface area contributed by atoms with Crippen molar-refractivity contribution in [2.75, 3.05) is 5.32 Å². The van der Waals surface area contributed by atoms with Crippen LogP contribution >= 0.6 is 22.9 Å². The lowest BCUT2D eigenvalue weighted by Gasteiger charge is -2.08. The SMILES string of the molecule is Cc1cc(Cc2cccc(C(F)(F)F)c2)sc1NC(=O)c1ccc(Cl)nc1. The molecule has 2 aromatic heterocycles. The highest BCUT2D eigenvalue weighted by atomic mass is 35.5. The van der Waals surface area contributed by atoms with Crippen molar-refractivity contribution in [2.24, 2.45) is 0 Å². The Morgan fingerprint density at radius 2 is 2.00 bits per heavy atom. The fraction of sp³-hybridized carbons (Fsp3) is 0.158. The number of carbonyl (C=O) groups excluding carboxylic acids is 1. The van der Waals surface area contributed by atoms with Gasteiger partial charge in [0, 0.05) is 17.5 Å². The third-order valence-electron chi connectivity index (χ3n) is 3.82. The van der Waals surface area contributed by atoms with Crippen LogP contribution in [0.15, 0.2) is 48.7 Å². The summed E-state index contributed by atoms with van der Waals surface area (Å²) in [7, 11) is 0. The molecule has 1 N–H and O–H groups in total. The second-order valence-corrected chi connectivity index (χ2v) is 7.45. The fourth-order valence-electron chi connectivity index (χ4n) is 2.50. The first-order valence-corrected chi connectivity index (χ1v) is 9.10. The van der Waals surface area contributed by atoms with Crippen molar-refractivity contribution in [2.45, 2.75) is 19.5 Å². The van der Waals surface area contributed by atoms with Crippen molar-refractivity contribution >= 4 is 33.8 Å². The molecule has 0 atom stereocenters. The maximum absolute atomic E-state index is 12.8. The zero-order valence-electron chi connectivity index (χ0n) is 14.1. The molecular weight excluding hydrogens is 397 g/mol. The monoisotopic (exact) mass is 410 g/mol. The molecule has 1 aromatic carbocycles. The van der Waals surface area contributed by atoms with Gasteiger partial charge < -0.3 is 5.32 Å². The normalized spacial score (nSPS) is 11.4. The highest BCUT2D eigenvalue weighted by molar-refractivity contribution is 7.16. The van der Waals surface area contributed by atoms with Gasteiger partial charge in [0.1, 0.15) is 5.15 Å². The Hall–Kier alpha value is -2.38. The minimum Gasteiger partial charge on any atom is -0.313 e. The molecule has 0 unspecified atom stereocenters. The number of anilines is 1. The number of carbonyl (C=O) groups is 1. The zero-order chi connectivity index (χ0) is 19.6. The van der Waals surface area contributed by atoms with Gasteiger partial charge in [0.2, 0.25) is 0 Å². The maximum atomic E-state index is 12.8. The van der Waals surface area contributed by atoms with E-state index < -0.39 is 11.7 Å². The van der Waals surface area contributed by atoms with Crippen LogP contribution in [0, 0.1) is 6.92 Å². The largest absolute Gasteiger partial charge is 0.416 e. The van der Waals surface area contributed by atoms with Crippen molar-refractivity contribution in [3.8, 4) is 0 Å². The van der Waals surface area contributed by atoms with Crippen LogP contribution in [-0.2, 0) is 12.6 Å². The molecule has 140 valence electrons. The van der Waals surface area contributed by atoms with Gasteiger partial charge in [0.15, 0.2) is 0 Å². The fourth-order valence-corrected chi connectivity index (χ4v) is 3.72. The average Bonchev–Trinajstić information content (AvgIpc) is 2.94. The third-order valence-corrected chi connectivity index (χ3v) is 5.19. The van der Waals surface area contributed by atoms with Crippen LogP contribution in [0.2, 0.25) is 5.15 Å². The van der Waals surface area contributed by atoms with Crippen LogP contribution < -0.4 is 5.32 Å². The first-order chi connectivity index (χ1) is 12.7. The van der Waals surface area contributed by atoms with E-state index in [1.807, 2.05) is 13.0 Å². The number of aromatic nitrogens is 1. The van der Waals surface area contributed by atoms with Crippen molar-refractivity contribution in [3.05, 3.63) is 80.9 Å². The maximum Gasteiger partial charge on any atom is 0.416 e. The van der Waals surface area contributed by atoms with E-state index in [2.05, 4.69) is 10.3 Å². The van der Waals surface area contributed by atoms with Gasteiger partial charge in [-0.15, -0.1) is 11.3 Å². The molecule has 3 nitrogen and oxygen atoms in total. The van der Waals surface area contributed by atoms with Gasteiger partial charge in [0.25, 0.3) is 5.91 Å². The summed E-state index contributed by atoms with van der Waals surface area (Å²) in [6.45, 7) is 1.84. The van der Waals surface area contributed by atoms with E-state index in [1.54, 1.807) is 12.1 Å². The number of pyridine rings is 1. The molecule has 0 fully saturated rings. The Morgan fingerprint density at radius 3 is 2.67 bits per heavy atom. The van der Waals surface area contributed by atoms with E-state index in [-0.39, 0.29) is 5.91 Å². The lowest BCUT2D eigenvalue weighted by Crippen LogP contribution is -2.11. The number of hydrogen-bond acceptors (Lipinski definition) is 3. The Kier molecular flexibility index (Phi) is 5.53. The Labute approximate surface area is 162 Å². The van der Waals surface area contributed by atoms with Crippen LogP contribution in [-0.4, -0.2) is 10.9 Å². The van der Waals surface area contributed by atoms with Gasteiger partial charge in [-0.05, 0) is 42.3 Å². The summed E-state index contributed by atoms with van der Waals surface area (Å²) in [6, 6.07) is 10.2. The van der Waals surface area contributed by atoms with E-state index in [4.69, 9.17) is 11.6 Å². The van der Waals surface area contributed by atoms with E-state index in [1.165, 1.54) is 29.7 Å². The third kappa shape index (κ3) is 4.87. The molecule has 3 rings (SSSR count). The lowest BCUT2D eigenvalue weighted by molar-refractivity contribution is -0.137. The molecule has 2 heterocycles. The first-order valence-electron chi connectivity index (χ1n) is 7.91. The summed E-state index contributed by atoms with van der Waals surface area (Å²) in [5.41, 5.74) is 1.10. The zero-order valence-corrected chi connectivity index (χ0v) is 15.7. The Balaban J connectivity index is 1.75. The van der Waals surface area contributed by atoms with Crippen LogP contribution in [0.4, 0.5) is 18.2 Å². The second-order valence-electron chi connectivity index (χ2n) is 5.92. The Morgan fingerprint density at radius 1 is 1.22 bits per heavy atom. The highest BCUT2D eigenvalue weighted by Gasteiger charge is 2.30. The van der Waals surface area contributed by atoms with E-state index in [9.17, 15) is 18.0 Å². The van der Waals surface area contributed by atoms with Crippen LogP contribution in [0.25, 0.3) is 0 Å². The van der Waals surface area contributed by atoms with Gasteiger partial charge in [-0.2, -0.15) is 13.2 Å². The number of nitrogens with zero attached hydrogens (tertiary/aromatic N) is 1. The predicted molar refractivity (Wildman–Crippen MR) is 101 cm³/mol. The van der Waals surface area contributed by atoms with E-state index in [0.29, 0.717) is 27.7 Å². The summed E-state index contributed by atoms with van der Waals surface area (Å²) in [5, 5.41) is 3.75. The number of amides is 1. The molecule has 3 aromatic rings. The quantitative estimate of drug-likeness (QED) is 0.538. The number of hydrogen-bond donors (Lipinski definition) is 1. The number of halogens is 4. The van der Waals surface area contributed by atoms with Gasteiger partial charge in [-0.3, -0.25) is 4.79 Å². The van der Waals surface area contributed by atoms with Crippen LogP contribution in [0.5, 0.6) is 0 Å². The number of nitrogens with one attached hydrogen (secondary N) is 1. The molecule has 0 aliphatic heterocycles. The number of aryl methyl sites for hydroxylation is 1. The Bertz CT molecular complexity index is 968. The molecular formula is C19H14ClF3N2OS. The van der Waals surface area contributed by atoms with E-state index >= 15 is 0 Å². The number of alkyl halides is 3. The molecule has 0 saturated carbocycles. The molecule has 8 heteroatoms. The summed E-state index contributed by atoms with van der Waals surface area (Å²) >= 11 is 7.04. The number of thiophene rings is 1. The molecule has 0 saturated heterocycles. The van der Waals surface area contributed by atoms with Crippen LogP contribution in [0.3, 0.4) is 0 Å². The molecule has 0 bridgehead atoms. The summed E-state index contributed by atoms with van der Waals surface area (Å²) in [6.07, 6.45) is -2.63. The standard InChI is InChI=1S/C19H14ClF3N2OS/c1-11-7-15(9-12-3-2-4-14(8-12)19(21,22)23)27-18(11)25-17(26)13-5-6-16(20)24-10-13/h2-8,10H,9H2,1H3,(H,25,26). The predicted octanol–water partition coefficient (Wildman–Crippen LogP) is 5.97. The molecule has 27 heavy (non-hydrogen) atoms. The summed E-state index contributed by atoms with van der Waals surface area (Å²) < 4.78 is 38.5. The summed E-state index contributed by atoms with van der Waals surface area (Å²) in [5.74, 6) is -0.324. The van der Waals surface area contributed by atoms with Crippen molar-refractivity contribution in [3.63, 3.8) is 0 Å². The molecule has 0 aliphatic rings. The van der Waals surface area contributed by atoms with Crippen LogP contribution in [0.1, 0.15) is 31.9 Å². The van der Waals surface area contributed by atoms with Crippen molar-refractivity contribution in [1.82, 2.24) is 4.98 Å². The molecule has 0 radical (unpaired) electrons. The first kappa shape index (κ1) is 19.4. The van der Waals surface area contributed by atoms with Gasteiger partial charge in [0.05, 0.1) is 16.1 Å². The van der Waals surface area contributed by atoms with Gasteiger partial charge in [-0.25, -0.2) is 4.98 Å². The topological polar surface area (TPSA) is 42.0 Å². The van der Waals surface area contributed by atoms with Crippen molar-refractivity contribution in [1.29, 1.82) is 0 Å². The minimum atomic E-state index is -4.37. The highest BCUT2D eigenvalue weighted by Crippen LogP contribution is 2.32. The summed E-state index contributed by atoms with van der Waals surface area (Å²) in [4.78, 5) is 17.0. The van der Waals surface area contributed by atoms with Crippen molar-refractivity contribution < 1.29 is 18.0 Å². The van der Waals surface area contributed by atoms with Gasteiger partial charge in [-0.1, -0.05) is 29.8 Å². The number of benzene rings is 1. The van der Waals surface area contributed by atoms with Gasteiger partial charge >= 0.3 is 6.18 Å². The molecule has 1 amide bonds. The second kappa shape index (κ2) is 7.70. The smallest absolute Gasteiger partial charge is 0.313 e. The average molecular weight is 411 g/mol. The molecule has 0 spiro atoms.